The van der Waals surface area contributed by atoms with E-state index in [0.717, 1.165) is 11.8 Å². The number of nitrogens with two attached hydrogens (primary N) is 1. The molecule has 1 aromatic rings. The Labute approximate surface area is 102 Å². The molecule has 2 rings (SSSR count). The first kappa shape index (κ1) is 11.9. The fourth-order valence-electron chi connectivity index (χ4n) is 2.28. The largest absolute Gasteiger partial charge is 0.329 e. The molecule has 0 radical (unpaired) electrons. The van der Waals surface area contributed by atoms with Gasteiger partial charge in [-0.2, -0.15) is 0 Å². The summed E-state index contributed by atoms with van der Waals surface area (Å²) in [5.74, 6) is 0. The number of hydrogen-bond acceptors (Lipinski definition) is 3. The summed E-state index contributed by atoms with van der Waals surface area (Å²) < 4.78 is 0. The predicted molar refractivity (Wildman–Crippen MR) is 70.5 cm³/mol. The van der Waals surface area contributed by atoms with E-state index in [1.54, 1.807) is 0 Å². The van der Waals surface area contributed by atoms with E-state index in [9.17, 15) is 0 Å². The summed E-state index contributed by atoms with van der Waals surface area (Å²) in [6, 6.07) is 4.18. The Morgan fingerprint density at radius 3 is 2.56 bits per heavy atom. The van der Waals surface area contributed by atoms with E-state index in [0.29, 0.717) is 5.25 Å². The maximum absolute atomic E-state index is 5.88. The van der Waals surface area contributed by atoms with Gasteiger partial charge in [-0.15, -0.1) is 11.8 Å². The van der Waals surface area contributed by atoms with Crippen LogP contribution in [0.3, 0.4) is 0 Å². The predicted octanol–water partition coefficient (Wildman–Crippen LogP) is 3.15. The van der Waals surface area contributed by atoms with Crippen molar-refractivity contribution in [1.29, 1.82) is 0 Å². The van der Waals surface area contributed by atoms with Gasteiger partial charge in [0.15, 0.2) is 0 Å². The molecule has 0 amide bonds. The van der Waals surface area contributed by atoms with Crippen LogP contribution in [0, 0.1) is 0 Å². The first-order chi connectivity index (χ1) is 7.90. The molecule has 0 aromatic carbocycles. The van der Waals surface area contributed by atoms with Gasteiger partial charge in [-0.25, -0.2) is 0 Å². The summed E-state index contributed by atoms with van der Waals surface area (Å²) in [5, 5.41) is 1.27. The van der Waals surface area contributed by atoms with E-state index in [1.165, 1.54) is 37.7 Å². The zero-order chi connectivity index (χ0) is 11.2. The Hall–Kier alpha value is -0.540. The van der Waals surface area contributed by atoms with Crippen molar-refractivity contribution in [1.82, 2.24) is 4.98 Å². The number of pyridine rings is 1. The van der Waals surface area contributed by atoms with Gasteiger partial charge in [-0.1, -0.05) is 19.3 Å². The molecule has 16 heavy (non-hydrogen) atoms. The highest BCUT2D eigenvalue weighted by Crippen LogP contribution is 2.37. The van der Waals surface area contributed by atoms with Crippen LogP contribution in [-0.4, -0.2) is 16.8 Å². The van der Waals surface area contributed by atoms with Gasteiger partial charge < -0.3 is 5.73 Å². The zero-order valence-corrected chi connectivity index (χ0v) is 10.5. The Bertz CT molecular complexity index is 296. The molecule has 1 aromatic heterocycles. The molecule has 1 unspecified atom stereocenters. The summed E-state index contributed by atoms with van der Waals surface area (Å²) in [4.78, 5) is 4.06. The molecule has 1 aliphatic rings. The molecule has 2 nitrogen and oxygen atoms in total. The molecule has 0 spiro atoms. The van der Waals surface area contributed by atoms with Gasteiger partial charge >= 0.3 is 0 Å². The fourth-order valence-corrected chi connectivity index (χ4v) is 3.78. The third kappa shape index (κ3) is 3.22. The van der Waals surface area contributed by atoms with Crippen LogP contribution in [-0.2, 0) is 0 Å². The van der Waals surface area contributed by atoms with E-state index in [2.05, 4.69) is 28.9 Å². The SMILES string of the molecule is NCC(SC1CCCCC1)c1ccncc1. The van der Waals surface area contributed by atoms with Gasteiger partial charge in [-0.05, 0) is 30.5 Å². The Kier molecular flexibility index (Phi) is 4.67. The lowest BCUT2D eigenvalue weighted by Gasteiger charge is -2.25. The van der Waals surface area contributed by atoms with Gasteiger partial charge in [0.25, 0.3) is 0 Å². The highest BCUT2D eigenvalue weighted by atomic mass is 32.2. The Balaban J connectivity index is 1.94. The number of hydrogen-bond donors (Lipinski definition) is 1. The third-order valence-corrected chi connectivity index (χ3v) is 4.85. The maximum Gasteiger partial charge on any atom is 0.0423 e. The van der Waals surface area contributed by atoms with Gasteiger partial charge in [-0.3, -0.25) is 4.98 Å². The molecule has 1 aliphatic carbocycles. The standard InChI is InChI=1S/C13H20N2S/c14-10-13(11-6-8-15-9-7-11)16-12-4-2-1-3-5-12/h6-9,12-13H,1-5,10,14H2. The molecule has 1 atom stereocenters. The van der Waals surface area contributed by atoms with Crippen molar-refractivity contribution in [2.24, 2.45) is 5.73 Å². The molecule has 2 N–H and O–H groups in total. The van der Waals surface area contributed by atoms with Crippen molar-refractivity contribution in [3.05, 3.63) is 30.1 Å². The Morgan fingerprint density at radius 1 is 1.25 bits per heavy atom. The van der Waals surface area contributed by atoms with Crippen LogP contribution in [0.2, 0.25) is 0 Å². The van der Waals surface area contributed by atoms with E-state index in [1.807, 2.05) is 12.4 Å². The lowest BCUT2D eigenvalue weighted by Crippen LogP contribution is -2.16. The van der Waals surface area contributed by atoms with E-state index >= 15 is 0 Å². The molecule has 0 aliphatic heterocycles. The minimum atomic E-state index is 0.450. The van der Waals surface area contributed by atoms with E-state index < -0.39 is 0 Å². The van der Waals surface area contributed by atoms with Crippen LogP contribution >= 0.6 is 11.8 Å². The first-order valence-corrected chi connectivity index (χ1v) is 7.10. The smallest absolute Gasteiger partial charge is 0.0423 e. The summed E-state index contributed by atoms with van der Waals surface area (Å²) >= 11 is 2.07. The van der Waals surface area contributed by atoms with Crippen molar-refractivity contribution in [2.45, 2.75) is 42.6 Å². The summed E-state index contributed by atoms with van der Waals surface area (Å²) in [6.45, 7) is 0.727. The quantitative estimate of drug-likeness (QED) is 0.873. The number of nitrogens with zero attached hydrogens (tertiary/aromatic N) is 1. The monoisotopic (exact) mass is 236 g/mol. The summed E-state index contributed by atoms with van der Waals surface area (Å²) in [5.41, 5.74) is 7.21. The second kappa shape index (κ2) is 6.26. The van der Waals surface area contributed by atoms with Gasteiger partial charge in [0, 0.05) is 29.4 Å². The minimum Gasteiger partial charge on any atom is -0.329 e. The average Bonchev–Trinajstić information content (AvgIpc) is 2.38. The van der Waals surface area contributed by atoms with Crippen LogP contribution < -0.4 is 5.73 Å². The third-order valence-electron chi connectivity index (χ3n) is 3.20. The van der Waals surface area contributed by atoms with E-state index in [4.69, 9.17) is 5.73 Å². The number of rotatable bonds is 4. The van der Waals surface area contributed by atoms with Crippen molar-refractivity contribution in [2.75, 3.05) is 6.54 Å². The molecule has 0 bridgehead atoms. The average molecular weight is 236 g/mol. The molecule has 3 heteroatoms. The number of thioether (sulfide) groups is 1. The highest BCUT2D eigenvalue weighted by molar-refractivity contribution is 8.00. The molecule has 1 saturated carbocycles. The van der Waals surface area contributed by atoms with E-state index in [-0.39, 0.29) is 0 Å². The first-order valence-electron chi connectivity index (χ1n) is 6.15. The second-order valence-corrected chi connectivity index (χ2v) is 5.91. The second-order valence-electron chi connectivity index (χ2n) is 4.40. The van der Waals surface area contributed by atoms with Crippen LogP contribution in [0.25, 0.3) is 0 Å². The summed E-state index contributed by atoms with van der Waals surface area (Å²) in [7, 11) is 0. The molecule has 88 valence electrons. The summed E-state index contributed by atoms with van der Waals surface area (Å²) in [6.07, 6.45) is 10.7. The van der Waals surface area contributed by atoms with Crippen molar-refractivity contribution >= 4 is 11.8 Å². The molecular weight excluding hydrogens is 216 g/mol. The highest BCUT2D eigenvalue weighted by Gasteiger charge is 2.19. The Morgan fingerprint density at radius 2 is 1.94 bits per heavy atom. The van der Waals surface area contributed by atoms with Gasteiger partial charge in [0.1, 0.15) is 0 Å². The lowest BCUT2D eigenvalue weighted by atomic mass is 10.0. The molecule has 0 saturated heterocycles. The van der Waals surface area contributed by atoms with Crippen molar-refractivity contribution < 1.29 is 0 Å². The maximum atomic E-state index is 5.88. The van der Waals surface area contributed by atoms with Crippen LogP contribution in [0.4, 0.5) is 0 Å². The molecule has 1 heterocycles. The zero-order valence-electron chi connectivity index (χ0n) is 9.64. The lowest BCUT2D eigenvalue weighted by molar-refractivity contribution is 0.515. The minimum absolute atomic E-state index is 0.450. The fraction of sp³-hybridized carbons (Fsp3) is 0.615. The molecule has 1 fully saturated rings. The topological polar surface area (TPSA) is 38.9 Å². The van der Waals surface area contributed by atoms with Crippen LogP contribution in [0.15, 0.2) is 24.5 Å². The van der Waals surface area contributed by atoms with Crippen LogP contribution in [0.1, 0.15) is 42.9 Å². The van der Waals surface area contributed by atoms with Crippen LogP contribution in [0.5, 0.6) is 0 Å². The van der Waals surface area contributed by atoms with Gasteiger partial charge in [0.2, 0.25) is 0 Å². The van der Waals surface area contributed by atoms with Gasteiger partial charge in [0.05, 0.1) is 0 Å². The molecular formula is C13H20N2S. The normalized spacial score (nSPS) is 19.6. The van der Waals surface area contributed by atoms with Crippen molar-refractivity contribution in [3.8, 4) is 0 Å². The number of aromatic nitrogens is 1. The van der Waals surface area contributed by atoms with Crippen molar-refractivity contribution in [3.63, 3.8) is 0 Å².